The first kappa shape index (κ1) is 14.6. The topological polar surface area (TPSA) is 59.3 Å². The fourth-order valence-electron chi connectivity index (χ4n) is 2.45. The van der Waals surface area contributed by atoms with Crippen molar-refractivity contribution in [1.29, 1.82) is 0 Å². The molecule has 0 unspecified atom stereocenters. The van der Waals surface area contributed by atoms with E-state index in [1.165, 1.54) is 0 Å². The fraction of sp³-hybridized carbons (Fsp3) is 0.0556. The number of benzene rings is 1. The summed E-state index contributed by atoms with van der Waals surface area (Å²) in [5, 5.41) is 5.78. The summed E-state index contributed by atoms with van der Waals surface area (Å²) in [5.74, 6) is -0.224. The van der Waals surface area contributed by atoms with Crippen LogP contribution < -0.4 is 5.32 Å². The number of nitrogens with zero attached hydrogens (tertiary/aromatic N) is 3. The number of pyridine rings is 1. The van der Waals surface area contributed by atoms with E-state index in [4.69, 9.17) is 0 Å². The van der Waals surface area contributed by atoms with Gasteiger partial charge in [0.1, 0.15) is 16.3 Å². The first-order chi connectivity index (χ1) is 11.7. The summed E-state index contributed by atoms with van der Waals surface area (Å²) in [7, 11) is 0. The second-order valence-electron chi connectivity index (χ2n) is 5.46. The molecule has 3 aromatic heterocycles. The third-order valence-electron chi connectivity index (χ3n) is 3.67. The van der Waals surface area contributed by atoms with E-state index >= 15 is 0 Å². The number of fused-ring (bicyclic) bond motifs is 1. The molecule has 1 amide bonds. The Kier molecular flexibility index (Phi) is 3.59. The maximum Gasteiger partial charge on any atom is 0.275 e. The summed E-state index contributed by atoms with van der Waals surface area (Å²) in [5.41, 5.74) is 4.03. The third kappa shape index (κ3) is 2.79. The lowest BCUT2D eigenvalue weighted by Crippen LogP contribution is -2.12. The van der Waals surface area contributed by atoms with Crippen LogP contribution in [0, 0.1) is 6.92 Å². The summed E-state index contributed by atoms with van der Waals surface area (Å²) in [6.07, 6.45) is 5.41. The Morgan fingerprint density at radius 1 is 1.21 bits per heavy atom. The number of rotatable bonds is 3. The van der Waals surface area contributed by atoms with Crippen molar-refractivity contribution in [3.63, 3.8) is 0 Å². The smallest absolute Gasteiger partial charge is 0.275 e. The molecule has 3 heterocycles. The minimum atomic E-state index is -0.224. The van der Waals surface area contributed by atoms with Crippen LogP contribution in [0.3, 0.4) is 0 Å². The maximum absolute atomic E-state index is 12.4. The zero-order chi connectivity index (χ0) is 16.5. The van der Waals surface area contributed by atoms with Crippen LogP contribution >= 0.6 is 11.3 Å². The molecule has 0 radical (unpaired) electrons. The molecule has 0 saturated carbocycles. The second-order valence-corrected chi connectivity index (χ2v) is 6.36. The van der Waals surface area contributed by atoms with Crippen molar-refractivity contribution in [2.75, 3.05) is 5.32 Å². The average molecular weight is 334 g/mol. The quantitative estimate of drug-likeness (QED) is 0.615. The summed E-state index contributed by atoms with van der Waals surface area (Å²) < 4.78 is 1.84. The van der Waals surface area contributed by atoms with Gasteiger partial charge in [-0.15, -0.1) is 11.3 Å². The Balaban J connectivity index is 1.54. The zero-order valence-electron chi connectivity index (χ0n) is 12.9. The van der Waals surface area contributed by atoms with Crippen molar-refractivity contribution in [1.82, 2.24) is 14.4 Å². The normalized spacial score (nSPS) is 10.9. The van der Waals surface area contributed by atoms with Gasteiger partial charge in [-0.1, -0.05) is 0 Å². The Bertz CT molecular complexity index is 1000. The molecule has 0 atom stereocenters. The molecule has 1 aromatic carbocycles. The number of aromatic nitrogens is 3. The number of carbonyl (C=O) groups excluding carboxylic acids is 1. The van der Waals surface area contributed by atoms with Crippen LogP contribution in [-0.2, 0) is 0 Å². The number of nitrogens with one attached hydrogen (secondary N) is 1. The molecule has 0 fully saturated rings. The van der Waals surface area contributed by atoms with Gasteiger partial charge in [-0.2, -0.15) is 0 Å². The molecule has 24 heavy (non-hydrogen) atoms. The lowest BCUT2D eigenvalue weighted by Gasteiger charge is -2.03. The van der Waals surface area contributed by atoms with E-state index in [0.717, 1.165) is 27.5 Å². The minimum absolute atomic E-state index is 0.224. The average Bonchev–Trinajstić information content (AvgIpc) is 3.24. The molecule has 0 spiro atoms. The van der Waals surface area contributed by atoms with Gasteiger partial charge in [0.25, 0.3) is 5.91 Å². The predicted molar refractivity (Wildman–Crippen MR) is 95.4 cm³/mol. The number of aryl methyl sites for hydroxylation is 1. The van der Waals surface area contributed by atoms with Gasteiger partial charge in [0.2, 0.25) is 0 Å². The number of anilines is 1. The molecule has 0 bridgehead atoms. The Hall–Kier alpha value is -2.99. The molecule has 0 aliphatic carbocycles. The summed E-state index contributed by atoms with van der Waals surface area (Å²) in [6, 6.07) is 11.6. The number of amides is 1. The lowest BCUT2D eigenvalue weighted by atomic mass is 10.2. The SMILES string of the molecule is Cc1ccn2cc(C(=O)Nc3ccc(-c4nccs4)cc3)nc2c1. The van der Waals surface area contributed by atoms with Crippen molar-refractivity contribution in [2.45, 2.75) is 6.92 Å². The second kappa shape index (κ2) is 5.90. The Morgan fingerprint density at radius 2 is 2.04 bits per heavy atom. The van der Waals surface area contributed by atoms with Crippen LogP contribution in [0.25, 0.3) is 16.2 Å². The summed E-state index contributed by atoms with van der Waals surface area (Å²) >= 11 is 1.58. The van der Waals surface area contributed by atoms with Crippen molar-refractivity contribution in [3.8, 4) is 10.6 Å². The highest BCUT2D eigenvalue weighted by Gasteiger charge is 2.11. The van der Waals surface area contributed by atoms with E-state index in [0.29, 0.717) is 5.69 Å². The van der Waals surface area contributed by atoms with Crippen LogP contribution in [0.5, 0.6) is 0 Å². The van der Waals surface area contributed by atoms with Crippen LogP contribution in [0.1, 0.15) is 16.1 Å². The van der Waals surface area contributed by atoms with Crippen LogP contribution in [0.2, 0.25) is 0 Å². The molecule has 0 aliphatic heterocycles. The molecule has 0 saturated heterocycles. The van der Waals surface area contributed by atoms with Crippen LogP contribution in [0.15, 0.2) is 60.4 Å². The van der Waals surface area contributed by atoms with Gasteiger partial charge in [0.05, 0.1) is 0 Å². The molecule has 6 heteroatoms. The van der Waals surface area contributed by atoms with Crippen LogP contribution in [-0.4, -0.2) is 20.3 Å². The van der Waals surface area contributed by atoms with E-state index in [1.54, 1.807) is 23.7 Å². The molecular weight excluding hydrogens is 320 g/mol. The van der Waals surface area contributed by atoms with Gasteiger partial charge in [0.15, 0.2) is 0 Å². The van der Waals surface area contributed by atoms with Crippen molar-refractivity contribution in [3.05, 3.63) is 71.6 Å². The molecular formula is C18H14N4OS. The van der Waals surface area contributed by atoms with Gasteiger partial charge >= 0.3 is 0 Å². The Morgan fingerprint density at radius 3 is 2.79 bits per heavy atom. The predicted octanol–water partition coefficient (Wildman–Crippen LogP) is 4.02. The molecule has 4 aromatic rings. The monoisotopic (exact) mass is 334 g/mol. The fourth-order valence-corrected chi connectivity index (χ4v) is 3.09. The highest BCUT2D eigenvalue weighted by molar-refractivity contribution is 7.13. The van der Waals surface area contributed by atoms with Gasteiger partial charge in [-0.05, 0) is 48.9 Å². The molecule has 1 N–H and O–H groups in total. The summed E-state index contributed by atoms with van der Waals surface area (Å²) in [4.78, 5) is 21.0. The van der Waals surface area contributed by atoms with Gasteiger partial charge in [-0.3, -0.25) is 4.79 Å². The summed E-state index contributed by atoms with van der Waals surface area (Å²) in [6.45, 7) is 2.00. The highest BCUT2D eigenvalue weighted by atomic mass is 32.1. The van der Waals surface area contributed by atoms with Gasteiger partial charge in [-0.25, -0.2) is 9.97 Å². The third-order valence-corrected chi connectivity index (χ3v) is 4.49. The first-order valence-corrected chi connectivity index (χ1v) is 8.34. The molecule has 5 nitrogen and oxygen atoms in total. The number of hydrogen-bond donors (Lipinski definition) is 1. The first-order valence-electron chi connectivity index (χ1n) is 7.46. The molecule has 0 aliphatic rings. The van der Waals surface area contributed by atoms with E-state index < -0.39 is 0 Å². The van der Waals surface area contributed by atoms with E-state index in [1.807, 2.05) is 59.3 Å². The highest BCUT2D eigenvalue weighted by Crippen LogP contribution is 2.23. The lowest BCUT2D eigenvalue weighted by molar-refractivity contribution is 0.102. The van der Waals surface area contributed by atoms with E-state index in [2.05, 4.69) is 15.3 Å². The van der Waals surface area contributed by atoms with Gasteiger partial charge in [0, 0.05) is 35.2 Å². The van der Waals surface area contributed by atoms with Crippen molar-refractivity contribution in [2.24, 2.45) is 0 Å². The standard InChI is InChI=1S/C18H14N4OS/c1-12-6-8-22-11-15(21-16(22)10-12)17(23)20-14-4-2-13(3-5-14)18-19-7-9-24-18/h2-11H,1H3,(H,20,23). The zero-order valence-corrected chi connectivity index (χ0v) is 13.7. The van der Waals surface area contributed by atoms with E-state index in [9.17, 15) is 4.79 Å². The molecule has 118 valence electrons. The minimum Gasteiger partial charge on any atom is -0.321 e. The number of hydrogen-bond acceptors (Lipinski definition) is 4. The van der Waals surface area contributed by atoms with E-state index in [-0.39, 0.29) is 5.91 Å². The molecule has 4 rings (SSSR count). The number of imidazole rings is 1. The largest absolute Gasteiger partial charge is 0.321 e. The maximum atomic E-state index is 12.4. The van der Waals surface area contributed by atoms with Crippen molar-refractivity contribution >= 4 is 28.6 Å². The number of thiazole rings is 1. The van der Waals surface area contributed by atoms with Gasteiger partial charge < -0.3 is 9.72 Å². The van der Waals surface area contributed by atoms with Crippen molar-refractivity contribution < 1.29 is 4.79 Å². The van der Waals surface area contributed by atoms with Crippen LogP contribution in [0.4, 0.5) is 5.69 Å². The number of carbonyl (C=O) groups is 1. The Labute approximate surface area is 142 Å².